The Labute approximate surface area is 119 Å². The molecular formula is C15H23N3O2. The molecule has 0 radical (unpaired) electrons. The van der Waals surface area contributed by atoms with E-state index in [-0.39, 0.29) is 17.7 Å². The van der Waals surface area contributed by atoms with E-state index < -0.39 is 5.60 Å². The molecule has 5 heteroatoms. The van der Waals surface area contributed by atoms with Crippen molar-refractivity contribution < 1.29 is 9.90 Å². The monoisotopic (exact) mass is 277 g/mol. The van der Waals surface area contributed by atoms with E-state index in [1.54, 1.807) is 4.90 Å². The van der Waals surface area contributed by atoms with Crippen LogP contribution in [0.3, 0.4) is 0 Å². The van der Waals surface area contributed by atoms with Gasteiger partial charge in [-0.3, -0.25) is 9.89 Å². The molecule has 0 aromatic carbocycles. The summed E-state index contributed by atoms with van der Waals surface area (Å²) < 4.78 is 0. The van der Waals surface area contributed by atoms with Gasteiger partial charge in [0.25, 0.3) is 5.91 Å². The summed E-state index contributed by atoms with van der Waals surface area (Å²) in [5.74, 6) is 0.200. The van der Waals surface area contributed by atoms with Crippen molar-refractivity contribution in [3.05, 3.63) is 17.0 Å². The van der Waals surface area contributed by atoms with E-state index in [1.165, 1.54) is 0 Å². The molecule has 2 aliphatic rings. The number of likely N-dealkylation sites (tertiary alicyclic amines) is 1. The number of aliphatic hydroxyl groups is 1. The first kappa shape index (κ1) is 13.6. The van der Waals surface area contributed by atoms with E-state index >= 15 is 0 Å². The molecule has 0 bridgehead atoms. The zero-order valence-corrected chi connectivity index (χ0v) is 12.4. The highest BCUT2D eigenvalue weighted by Crippen LogP contribution is 2.35. The summed E-state index contributed by atoms with van der Waals surface area (Å²) >= 11 is 0. The molecule has 20 heavy (non-hydrogen) atoms. The van der Waals surface area contributed by atoms with Gasteiger partial charge in [-0.15, -0.1) is 0 Å². The van der Waals surface area contributed by atoms with Crippen LogP contribution in [0.1, 0.15) is 48.9 Å². The average molecular weight is 277 g/mol. The number of amides is 1. The van der Waals surface area contributed by atoms with Crippen LogP contribution >= 0.6 is 0 Å². The van der Waals surface area contributed by atoms with Crippen LogP contribution in [0.5, 0.6) is 0 Å². The highest BCUT2D eigenvalue weighted by atomic mass is 16.3. The van der Waals surface area contributed by atoms with E-state index in [0.717, 1.165) is 30.5 Å². The zero-order chi connectivity index (χ0) is 14.5. The molecule has 2 heterocycles. The van der Waals surface area contributed by atoms with E-state index in [9.17, 15) is 9.90 Å². The summed E-state index contributed by atoms with van der Waals surface area (Å²) in [5, 5.41) is 17.9. The van der Waals surface area contributed by atoms with Crippen molar-refractivity contribution in [1.82, 2.24) is 15.1 Å². The minimum atomic E-state index is -0.783. The van der Waals surface area contributed by atoms with Crippen LogP contribution in [0.25, 0.3) is 0 Å². The van der Waals surface area contributed by atoms with E-state index in [0.29, 0.717) is 18.8 Å². The number of nitrogens with zero attached hydrogens (tertiary/aromatic N) is 2. The highest BCUT2D eigenvalue weighted by molar-refractivity contribution is 5.94. The number of rotatable bonds is 2. The van der Waals surface area contributed by atoms with Crippen LogP contribution in [0, 0.1) is 11.8 Å². The van der Waals surface area contributed by atoms with Gasteiger partial charge in [0.05, 0.1) is 12.1 Å². The van der Waals surface area contributed by atoms with Crippen LogP contribution in [0.4, 0.5) is 0 Å². The average Bonchev–Trinajstić information content (AvgIpc) is 3.04. The van der Waals surface area contributed by atoms with Gasteiger partial charge in [-0.2, -0.15) is 5.10 Å². The van der Waals surface area contributed by atoms with Gasteiger partial charge in [-0.1, -0.05) is 20.8 Å². The predicted molar refractivity (Wildman–Crippen MR) is 75.5 cm³/mol. The first-order valence-corrected chi connectivity index (χ1v) is 7.51. The van der Waals surface area contributed by atoms with Crippen molar-refractivity contribution in [2.75, 3.05) is 13.1 Å². The number of hydrogen-bond donors (Lipinski definition) is 2. The fourth-order valence-corrected chi connectivity index (χ4v) is 3.57. The van der Waals surface area contributed by atoms with Gasteiger partial charge in [0.1, 0.15) is 0 Å². The molecule has 1 fully saturated rings. The van der Waals surface area contributed by atoms with Crippen LogP contribution in [0.2, 0.25) is 0 Å². The normalized spacial score (nSPS) is 29.2. The molecule has 1 aromatic heterocycles. The van der Waals surface area contributed by atoms with Gasteiger partial charge in [-0.25, -0.2) is 0 Å². The number of carbonyl (C=O) groups is 1. The molecule has 110 valence electrons. The maximum atomic E-state index is 12.7. The fraction of sp³-hybridized carbons (Fsp3) is 0.733. The quantitative estimate of drug-likeness (QED) is 0.858. The number of aryl methyl sites for hydroxylation is 1. The van der Waals surface area contributed by atoms with Crippen molar-refractivity contribution >= 4 is 5.91 Å². The zero-order valence-electron chi connectivity index (χ0n) is 12.4. The number of aromatic amines is 1. The van der Waals surface area contributed by atoms with Gasteiger partial charge in [-0.05, 0) is 25.2 Å². The molecule has 5 nitrogen and oxygen atoms in total. The summed E-state index contributed by atoms with van der Waals surface area (Å²) in [6.45, 7) is 7.05. The summed E-state index contributed by atoms with van der Waals surface area (Å²) in [6, 6.07) is 0. The molecule has 2 atom stereocenters. The number of nitrogens with one attached hydrogen (secondary N) is 1. The standard InChI is InChI=1S/C15H23N3O2/c1-9(2)15(20)8-18(7-10(15)3)14(19)13-11-5-4-6-12(11)16-17-13/h9-10,20H,4-8H2,1-3H3,(H,16,17)/t10-,15-/m1/s1. The maximum absolute atomic E-state index is 12.7. The number of fused-ring (bicyclic) bond motifs is 1. The van der Waals surface area contributed by atoms with Crippen molar-refractivity contribution in [2.24, 2.45) is 11.8 Å². The van der Waals surface area contributed by atoms with Crippen LogP contribution in [-0.4, -0.2) is 44.8 Å². The van der Waals surface area contributed by atoms with Gasteiger partial charge in [0, 0.05) is 23.7 Å². The lowest BCUT2D eigenvalue weighted by molar-refractivity contribution is -0.0244. The van der Waals surface area contributed by atoms with Crippen LogP contribution < -0.4 is 0 Å². The molecule has 0 spiro atoms. The summed E-state index contributed by atoms with van der Waals surface area (Å²) in [6.07, 6.45) is 3.02. The first-order valence-electron chi connectivity index (χ1n) is 7.51. The Morgan fingerprint density at radius 3 is 2.90 bits per heavy atom. The Balaban J connectivity index is 1.82. The minimum Gasteiger partial charge on any atom is -0.387 e. The maximum Gasteiger partial charge on any atom is 0.274 e. The Bertz CT molecular complexity index is 537. The van der Waals surface area contributed by atoms with Gasteiger partial charge < -0.3 is 10.0 Å². The van der Waals surface area contributed by atoms with E-state index in [1.807, 2.05) is 20.8 Å². The molecule has 1 aliphatic heterocycles. The third-order valence-corrected chi connectivity index (χ3v) is 5.09. The second-order valence-electron chi connectivity index (χ2n) is 6.62. The largest absolute Gasteiger partial charge is 0.387 e. The Hall–Kier alpha value is -1.36. The molecule has 1 saturated heterocycles. The van der Waals surface area contributed by atoms with Crippen molar-refractivity contribution in [2.45, 2.75) is 45.6 Å². The van der Waals surface area contributed by atoms with Crippen molar-refractivity contribution in [3.8, 4) is 0 Å². The molecule has 1 amide bonds. The number of hydrogen-bond acceptors (Lipinski definition) is 3. The highest BCUT2D eigenvalue weighted by Gasteiger charge is 2.47. The van der Waals surface area contributed by atoms with Gasteiger partial charge >= 0.3 is 0 Å². The molecule has 3 rings (SSSR count). The topological polar surface area (TPSA) is 69.2 Å². The fourth-order valence-electron chi connectivity index (χ4n) is 3.57. The van der Waals surface area contributed by atoms with Crippen LogP contribution in [-0.2, 0) is 12.8 Å². The molecule has 0 unspecified atom stereocenters. The second-order valence-corrected chi connectivity index (χ2v) is 6.62. The van der Waals surface area contributed by atoms with E-state index in [4.69, 9.17) is 0 Å². The Kier molecular flexibility index (Phi) is 3.12. The molecular weight excluding hydrogens is 254 g/mol. The third kappa shape index (κ3) is 1.87. The number of carbonyl (C=O) groups excluding carboxylic acids is 1. The lowest BCUT2D eigenvalue weighted by Crippen LogP contribution is -2.43. The van der Waals surface area contributed by atoms with Crippen LogP contribution in [0.15, 0.2) is 0 Å². The smallest absolute Gasteiger partial charge is 0.274 e. The second kappa shape index (κ2) is 4.58. The Morgan fingerprint density at radius 1 is 1.50 bits per heavy atom. The summed E-state index contributed by atoms with van der Waals surface area (Å²) in [7, 11) is 0. The SMILES string of the molecule is CC(C)[C@]1(O)CN(C(=O)c2n[nH]c3c2CCC3)C[C@H]1C. The lowest BCUT2D eigenvalue weighted by Gasteiger charge is -2.30. The minimum absolute atomic E-state index is 0.0344. The predicted octanol–water partition coefficient (Wildman–Crippen LogP) is 1.38. The van der Waals surface area contributed by atoms with Gasteiger partial charge in [0.15, 0.2) is 5.69 Å². The molecule has 2 N–H and O–H groups in total. The summed E-state index contributed by atoms with van der Waals surface area (Å²) in [5.41, 5.74) is 1.98. The number of β-amino-alcohol motifs (C(OH)–C–C–N with tert-alkyl or cyclic N) is 1. The van der Waals surface area contributed by atoms with Crippen molar-refractivity contribution in [3.63, 3.8) is 0 Å². The number of H-pyrrole nitrogens is 1. The van der Waals surface area contributed by atoms with Gasteiger partial charge in [0.2, 0.25) is 0 Å². The lowest BCUT2D eigenvalue weighted by atomic mass is 9.82. The molecule has 1 aromatic rings. The molecule has 1 aliphatic carbocycles. The summed E-state index contributed by atoms with van der Waals surface area (Å²) in [4.78, 5) is 14.4. The van der Waals surface area contributed by atoms with E-state index in [2.05, 4.69) is 10.2 Å². The Morgan fingerprint density at radius 2 is 2.25 bits per heavy atom. The molecule has 0 saturated carbocycles. The first-order chi connectivity index (χ1) is 9.43. The third-order valence-electron chi connectivity index (χ3n) is 5.09. The van der Waals surface area contributed by atoms with Crippen molar-refractivity contribution in [1.29, 1.82) is 0 Å². The number of aromatic nitrogens is 2.